The summed E-state index contributed by atoms with van der Waals surface area (Å²) in [5.41, 5.74) is -1.38. The molecule has 0 amide bonds. The number of ether oxygens (including phenoxy) is 2. The summed E-state index contributed by atoms with van der Waals surface area (Å²) in [6.45, 7) is 17.2. The van der Waals surface area contributed by atoms with Gasteiger partial charge < -0.3 is 36.0 Å². The van der Waals surface area contributed by atoms with Crippen LogP contribution in [-0.2, 0) is 36.0 Å². The van der Waals surface area contributed by atoms with Crippen LogP contribution in [0.4, 0.5) is 4.79 Å². The molecule has 0 radical (unpaired) electrons. The highest BCUT2D eigenvalue weighted by atomic mass is 28.4. The van der Waals surface area contributed by atoms with Crippen molar-refractivity contribution in [1.82, 2.24) is 0 Å². The molecule has 180 valence electrons. The molecule has 0 heterocycles. The van der Waals surface area contributed by atoms with Gasteiger partial charge in [0.2, 0.25) is 0 Å². The fourth-order valence-electron chi connectivity index (χ4n) is 3.09. The lowest BCUT2D eigenvalue weighted by Crippen LogP contribution is -2.60. The van der Waals surface area contributed by atoms with E-state index >= 15 is 0 Å². The second-order valence-electron chi connectivity index (χ2n) is 6.08. The molecule has 2 unspecified atom stereocenters. The molecule has 0 aliphatic carbocycles. The second kappa shape index (κ2) is 16.1. The van der Waals surface area contributed by atoms with Crippen LogP contribution in [0, 0.1) is 0 Å². The molecule has 0 rings (SSSR count). The zero-order valence-corrected chi connectivity index (χ0v) is 22.0. The normalized spacial score (nSPS) is 14.4. The number of rotatable bonds is 18. The quantitative estimate of drug-likeness (QED) is 0.219. The third-order valence-electron chi connectivity index (χ3n) is 4.08. The summed E-state index contributed by atoms with van der Waals surface area (Å²) >= 11 is 0. The highest BCUT2D eigenvalue weighted by Crippen LogP contribution is 2.24. The Labute approximate surface area is 184 Å². The zero-order chi connectivity index (χ0) is 23.0. The lowest BCUT2D eigenvalue weighted by Gasteiger charge is -2.36. The number of carbonyl (C=O) groups is 1. The van der Waals surface area contributed by atoms with Gasteiger partial charge in [-0.1, -0.05) is 13.8 Å². The molecular weight excluding hydrogens is 428 g/mol. The molecule has 0 saturated heterocycles. The molecule has 0 aromatic heterocycles. The Kier molecular flexibility index (Phi) is 15.9. The molecular formula is C19H42O9Si2. The van der Waals surface area contributed by atoms with Gasteiger partial charge in [-0.15, -0.1) is 0 Å². The molecule has 0 aliphatic heterocycles. The zero-order valence-electron chi connectivity index (χ0n) is 20.0. The van der Waals surface area contributed by atoms with E-state index in [1.165, 1.54) is 0 Å². The Bertz CT molecular complexity index is 382. The molecule has 9 nitrogen and oxygen atoms in total. The first-order chi connectivity index (χ1) is 14.4. The van der Waals surface area contributed by atoms with Gasteiger partial charge in [-0.3, -0.25) is 0 Å². The molecule has 0 aromatic carbocycles. The fraction of sp³-hybridized carbons (Fsp3) is 0.947. The fourth-order valence-corrected chi connectivity index (χ4v) is 8.60. The van der Waals surface area contributed by atoms with Crippen molar-refractivity contribution < 1.29 is 40.8 Å². The van der Waals surface area contributed by atoms with E-state index in [1.54, 1.807) is 0 Å². The van der Waals surface area contributed by atoms with E-state index in [0.717, 1.165) is 0 Å². The molecule has 11 heteroatoms. The van der Waals surface area contributed by atoms with Crippen molar-refractivity contribution in [2.75, 3.05) is 39.6 Å². The van der Waals surface area contributed by atoms with E-state index < -0.39 is 35.2 Å². The summed E-state index contributed by atoms with van der Waals surface area (Å²) in [5.74, 6) is 0. The SMILES string of the molecule is CCO[Si](OCC)(OCC)C(CC)OC(=O)OC(CC)[Si](OCC)(OCC)OCC. The van der Waals surface area contributed by atoms with Crippen LogP contribution in [0.1, 0.15) is 68.2 Å². The average Bonchev–Trinajstić information content (AvgIpc) is 2.71. The van der Waals surface area contributed by atoms with E-state index in [-0.39, 0.29) is 0 Å². The van der Waals surface area contributed by atoms with Crippen LogP contribution in [0.15, 0.2) is 0 Å². The van der Waals surface area contributed by atoms with Crippen molar-refractivity contribution in [3.63, 3.8) is 0 Å². The molecule has 0 aliphatic rings. The van der Waals surface area contributed by atoms with Gasteiger partial charge in [0.1, 0.15) is 0 Å². The molecule has 0 saturated carbocycles. The van der Waals surface area contributed by atoms with Crippen LogP contribution < -0.4 is 0 Å². The largest absolute Gasteiger partial charge is 0.544 e. The second-order valence-corrected chi connectivity index (χ2v) is 11.5. The van der Waals surface area contributed by atoms with Crippen LogP contribution in [0.3, 0.4) is 0 Å². The van der Waals surface area contributed by atoms with Gasteiger partial charge in [0, 0.05) is 39.6 Å². The maximum atomic E-state index is 12.8. The third kappa shape index (κ3) is 8.54. The monoisotopic (exact) mass is 470 g/mol. The van der Waals surface area contributed by atoms with Crippen LogP contribution >= 0.6 is 0 Å². The molecule has 0 bridgehead atoms. The van der Waals surface area contributed by atoms with Crippen molar-refractivity contribution in [2.45, 2.75) is 79.7 Å². The lowest BCUT2D eigenvalue weighted by atomic mass is 10.5. The molecule has 30 heavy (non-hydrogen) atoms. The van der Waals surface area contributed by atoms with Gasteiger partial charge in [0.05, 0.1) is 0 Å². The number of carbonyl (C=O) groups excluding carboxylic acids is 1. The first-order valence-corrected chi connectivity index (χ1v) is 14.7. The molecule has 0 aromatic rings. The summed E-state index contributed by atoms with van der Waals surface area (Å²) in [7, 11) is -6.49. The van der Waals surface area contributed by atoms with Crippen molar-refractivity contribution >= 4 is 23.8 Å². The minimum atomic E-state index is -3.25. The topological polar surface area (TPSA) is 90.9 Å². The van der Waals surface area contributed by atoms with E-state index in [4.69, 9.17) is 36.0 Å². The maximum Gasteiger partial charge on any atom is 0.544 e. The van der Waals surface area contributed by atoms with Gasteiger partial charge in [0.15, 0.2) is 11.5 Å². The summed E-state index contributed by atoms with van der Waals surface area (Å²) in [6.07, 6.45) is 0.0761. The van der Waals surface area contributed by atoms with E-state index in [2.05, 4.69) is 0 Å². The van der Waals surface area contributed by atoms with Crippen LogP contribution in [0.5, 0.6) is 0 Å². The Hall–Kier alpha value is -0.536. The standard InChI is InChI=1S/C19H42O9Si2/c1-9-17(29(21-11-3,22-12-4)23-13-5)27-19(20)28-18(10-2)30(24-14-6,25-15-7)26-16-8/h17-18H,9-16H2,1-8H3. The van der Waals surface area contributed by atoms with Crippen molar-refractivity contribution in [3.05, 3.63) is 0 Å². The molecule has 0 spiro atoms. The molecule has 2 atom stereocenters. The Morgan fingerprint density at radius 3 is 0.933 bits per heavy atom. The molecule has 0 fully saturated rings. The third-order valence-corrected chi connectivity index (χ3v) is 10.9. The number of hydrogen-bond donors (Lipinski definition) is 0. The van der Waals surface area contributed by atoms with Crippen molar-refractivity contribution in [1.29, 1.82) is 0 Å². The summed E-state index contributed by atoms with van der Waals surface area (Å²) in [5, 5.41) is 0. The summed E-state index contributed by atoms with van der Waals surface area (Å²) in [6, 6.07) is 0. The van der Waals surface area contributed by atoms with Crippen molar-refractivity contribution in [3.8, 4) is 0 Å². The summed E-state index contributed by atoms with van der Waals surface area (Å²) in [4.78, 5) is 12.8. The molecule has 0 N–H and O–H groups in total. The van der Waals surface area contributed by atoms with Crippen molar-refractivity contribution in [2.24, 2.45) is 0 Å². The van der Waals surface area contributed by atoms with Gasteiger partial charge in [-0.05, 0) is 54.4 Å². The van der Waals surface area contributed by atoms with Gasteiger partial charge in [-0.2, -0.15) is 0 Å². The maximum absolute atomic E-state index is 12.8. The minimum absolute atomic E-state index is 0.383. The Balaban J connectivity index is 5.58. The van der Waals surface area contributed by atoms with Crippen LogP contribution in [-0.4, -0.2) is 74.9 Å². The van der Waals surface area contributed by atoms with Gasteiger partial charge in [0.25, 0.3) is 0 Å². The predicted molar refractivity (Wildman–Crippen MR) is 117 cm³/mol. The van der Waals surface area contributed by atoms with E-state index in [1.807, 2.05) is 55.4 Å². The predicted octanol–water partition coefficient (Wildman–Crippen LogP) is 3.87. The van der Waals surface area contributed by atoms with Gasteiger partial charge >= 0.3 is 23.8 Å². The smallest absolute Gasteiger partial charge is 0.426 e. The Morgan fingerprint density at radius 2 is 0.767 bits per heavy atom. The Morgan fingerprint density at radius 1 is 0.533 bits per heavy atom. The first kappa shape index (κ1) is 29.5. The highest BCUT2D eigenvalue weighted by Gasteiger charge is 2.54. The van der Waals surface area contributed by atoms with Gasteiger partial charge in [-0.25, -0.2) is 4.79 Å². The highest BCUT2D eigenvalue weighted by molar-refractivity contribution is 6.63. The first-order valence-electron chi connectivity index (χ1n) is 11.1. The van der Waals surface area contributed by atoms with E-state index in [9.17, 15) is 4.79 Å². The summed E-state index contributed by atoms with van der Waals surface area (Å²) < 4.78 is 46.6. The van der Waals surface area contributed by atoms with Crippen LogP contribution in [0.2, 0.25) is 0 Å². The van der Waals surface area contributed by atoms with Crippen LogP contribution in [0.25, 0.3) is 0 Å². The average molecular weight is 471 g/mol. The lowest BCUT2D eigenvalue weighted by molar-refractivity contribution is -0.0364. The minimum Gasteiger partial charge on any atom is -0.426 e. The van der Waals surface area contributed by atoms with E-state index in [0.29, 0.717) is 52.5 Å². The number of hydrogen-bond acceptors (Lipinski definition) is 9.